The van der Waals surface area contributed by atoms with E-state index in [0.717, 1.165) is 17.0 Å². The van der Waals surface area contributed by atoms with Crippen LogP contribution in [0, 0.1) is 5.41 Å². The molecule has 0 spiro atoms. The minimum absolute atomic E-state index is 0.201. The molecular formula is C24H24F3N3O5. The topological polar surface area (TPSA) is 105 Å². The molecule has 1 heterocycles. The van der Waals surface area contributed by atoms with Crippen molar-refractivity contribution in [1.29, 1.82) is 0 Å². The van der Waals surface area contributed by atoms with E-state index in [1.54, 1.807) is 20.8 Å². The van der Waals surface area contributed by atoms with Crippen molar-refractivity contribution in [3.63, 3.8) is 0 Å². The summed E-state index contributed by atoms with van der Waals surface area (Å²) in [6, 6.07) is 9.73. The number of imide groups is 1. The quantitative estimate of drug-likeness (QED) is 0.465. The van der Waals surface area contributed by atoms with Crippen LogP contribution in [0.4, 0.5) is 23.7 Å². The molecule has 0 radical (unpaired) electrons. The summed E-state index contributed by atoms with van der Waals surface area (Å²) in [6.45, 7) is 6.14. The number of urea groups is 1. The molecule has 0 saturated carbocycles. The summed E-state index contributed by atoms with van der Waals surface area (Å²) >= 11 is 0. The van der Waals surface area contributed by atoms with Crippen molar-refractivity contribution in [1.82, 2.24) is 10.2 Å². The molecule has 11 heteroatoms. The number of ketones is 1. The van der Waals surface area contributed by atoms with Crippen molar-refractivity contribution >= 4 is 29.3 Å². The molecule has 2 aromatic carbocycles. The van der Waals surface area contributed by atoms with Gasteiger partial charge in [0.25, 0.3) is 5.91 Å². The van der Waals surface area contributed by atoms with E-state index >= 15 is 0 Å². The monoisotopic (exact) mass is 491 g/mol. The summed E-state index contributed by atoms with van der Waals surface area (Å²) in [5.41, 5.74) is -1.24. The van der Waals surface area contributed by atoms with Crippen LogP contribution in [0.15, 0.2) is 48.5 Å². The van der Waals surface area contributed by atoms with Gasteiger partial charge in [-0.25, -0.2) is 4.79 Å². The van der Waals surface area contributed by atoms with Gasteiger partial charge < -0.3 is 15.4 Å². The molecule has 2 N–H and O–H groups in total. The molecule has 1 unspecified atom stereocenters. The Bertz CT molecular complexity index is 1150. The maximum Gasteiger partial charge on any atom is 0.573 e. The minimum atomic E-state index is -4.86. The molecule has 8 nitrogen and oxygen atoms in total. The van der Waals surface area contributed by atoms with Gasteiger partial charge in [0.2, 0.25) is 5.91 Å². The third-order valence-electron chi connectivity index (χ3n) is 5.39. The van der Waals surface area contributed by atoms with Crippen molar-refractivity contribution in [2.24, 2.45) is 5.41 Å². The van der Waals surface area contributed by atoms with Crippen LogP contribution >= 0.6 is 0 Å². The molecule has 1 aliphatic rings. The van der Waals surface area contributed by atoms with E-state index in [9.17, 15) is 32.3 Å². The first-order chi connectivity index (χ1) is 16.1. The van der Waals surface area contributed by atoms with Crippen LogP contribution in [-0.4, -0.2) is 41.4 Å². The number of nitrogens with one attached hydrogen (secondary N) is 2. The highest BCUT2D eigenvalue weighted by Crippen LogP contribution is 2.31. The zero-order chi connectivity index (χ0) is 26.2. The smallest absolute Gasteiger partial charge is 0.406 e. The molecule has 2 aromatic rings. The molecule has 3 rings (SSSR count). The number of halogens is 3. The lowest BCUT2D eigenvalue weighted by Gasteiger charge is -2.22. The van der Waals surface area contributed by atoms with Gasteiger partial charge in [-0.2, -0.15) is 0 Å². The molecule has 1 atom stereocenters. The zero-order valence-corrected chi connectivity index (χ0v) is 19.4. The van der Waals surface area contributed by atoms with Crippen LogP contribution in [0.3, 0.4) is 0 Å². The maximum absolute atomic E-state index is 13.0. The summed E-state index contributed by atoms with van der Waals surface area (Å²) in [6.07, 6.45) is -4.86. The van der Waals surface area contributed by atoms with E-state index < -0.39 is 47.3 Å². The summed E-state index contributed by atoms with van der Waals surface area (Å²) in [4.78, 5) is 51.1. The first kappa shape index (κ1) is 25.7. The molecule has 0 bridgehead atoms. The highest BCUT2D eigenvalue weighted by atomic mass is 19.4. The molecule has 35 heavy (non-hydrogen) atoms. The number of carbonyl (C=O) groups excluding carboxylic acids is 4. The predicted molar refractivity (Wildman–Crippen MR) is 120 cm³/mol. The Kier molecular flexibility index (Phi) is 6.65. The van der Waals surface area contributed by atoms with E-state index in [1.807, 2.05) is 0 Å². The van der Waals surface area contributed by atoms with Crippen LogP contribution in [0.1, 0.15) is 43.6 Å². The highest BCUT2D eigenvalue weighted by molar-refractivity contribution is 6.11. The van der Waals surface area contributed by atoms with Gasteiger partial charge in [0, 0.05) is 16.7 Å². The second-order valence-corrected chi connectivity index (χ2v) is 9.22. The van der Waals surface area contributed by atoms with Crippen LogP contribution in [0.25, 0.3) is 0 Å². The number of hydrogen-bond acceptors (Lipinski definition) is 5. The Hall–Kier alpha value is -3.89. The Labute approximate surface area is 199 Å². The summed E-state index contributed by atoms with van der Waals surface area (Å²) in [7, 11) is 0. The molecular weight excluding hydrogens is 467 g/mol. The number of ether oxygens (including phenoxy) is 1. The average Bonchev–Trinajstić information content (AvgIpc) is 2.96. The second-order valence-electron chi connectivity index (χ2n) is 9.22. The molecule has 186 valence electrons. The molecule has 4 amide bonds. The van der Waals surface area contributed by atoms with Crippen molar-refractivity contribution < 1.29 is 37.1 Å². The standard InChI is InChI=1S/C24H24F3N3O5/c1-22(2,3)19(32)28-16-9-5-14(6-10-16)18(31)13-30-20(33)23(4,29-21(30)34)15-7-11-17(12-8-15)35-24(25,26)27/h5-12H,13H2,1-4H3,(H,28,32)(H,29,34). The fourth-order valence-electron chi connectivity index (χ4n) is 3.32. The average molecular weight is 491 g/mol. The van der Waals surface area contributed by atoms with Gasteiger partial charge in [-0.05, 0) is 48.9 Å². The van der Waals surface area contributed by atoms with Gasteiger partial charge in [0.1, 0.15) is 11.3 Å². The van der Waals surface area contributed by atoms with Crippen molar-refractivity contribution in [2.45, 2.75) is 39.6 Å². The van der Waals surface area contributed by atoms with Gasteiger partial charge in [-0.1, -0.05) is 32.9 Å². The molecule has 1 fully saturated rings. The van der Waals surface area contributed by atoms with E-state index in [1.165, 1.54) is 43.3 Å². The summed E-state index contributed by atoms with van der Waals surface area (Å²) < 4.78 is 41.0. The van der Waals surface area contributed by atoms with Gasteiger partial charge in [0.05, 0.1) is 6.54 Å². The van der Waals surface area contributed by atoms with Gasteiger partial charge >= 0.3 is 12.4 Å². The van der Waals surface area contributed by atoms with Gasteiger partial charge in [-0.15, -0.1) is 13.2 Å². The molecule has 0 aromatic heterocycles. The summed E-state index contributed by atoms with van der Waals surface area (Å²) in [5.74, 6) is -1.92. The van der Waals surface area contributed by atoms with Crippen LogP contribution in [0.5, 0.6) is 5.75 Å². The van der Waals surface area contributed by atoms with Crippen LogP contribution in [-0.2, 0) is 15.1 Å². The minimum Gasteiger partial charge on any atom is -0.406 e. The lowest BCUT2D eigenvalue weighted by Crippen LogP contribution is -2.41. The molecule has 1 saturated heterocycles. The highest BCUT2D eigenvalue weighted by Gasteiger charge is 2.49. The first-order valence-electron chi connectivity index (χ1n) is 10.6. The summed E-state index contributed by atoms with van der Waals surface area (Å²) in [5, 5.41) is 5.22. The second kappa shape index (κ2) is 9.05. The number of hydrogen-bond donors (Lipinski definition) is 2. The van der Waals surface area contributed by atoms with Crippen LogP contribution < -0.4 is 15.4 Å². The number of Topliss-reactive ketones (excluding diaryl/α,β-unsaturated/α-hetero) is 1. The van der Waals surface area contributed by atoms with Crippen molar-refractivity contribution in [3.8, 4) is 5.75 Å². The van der Waals surface area contributed by atoms with E-state index in [0.29, 0.717) is 5.69 Å². The number of rotatable bonds is 6. The Balaban J connectivity index is 1.70. The number of carbonyl (C=O) groups is 4. The number of amides is 4. The van der Waals surface area contributed by atoms with E-state index in [-0.39, 0.29) is 17.0 Å². The Morgan fingerprint density at radius 1 is 1.00 bits per heavy atom. The van der Waals surface area contributed by atoms with Crippen molar-refractivity contribution in [2.75, 3.05) is 11.9 Å². The Morgan fingerprint density at radius 3 is 2.09 bits per heavy atom. The fraction of sp³-hybridized carbons (Fsp3) is 0.333. The van der Waals surface area contributed by atoms with Crippen molar-refractivity contribution in [3.05, 3.63) is 59.7 Å². The maximum atomic E-state index is 13.0. The Morgan fingerprint density at radius 2 is 1.57 bits per heavy atom. The lowest BCUT2D eigenvalue weighted by molar-refractivity contribution is -0.274. The molecule has 1 aliphatic heterocycles. The third kappa shape index (κ3) is 5.79. The van der Waals surface area contributed by atoms with E-state index in [4.69, 9.17) is 0 Å². The number of anilines is 1. The third-order valence-corrected chi connectivity index (χ3v) is 5.39. The van der Waals surface area contributed by atoms with Gasteiger partial charge in [-0.3, -0.25) is 19.3 Å². The fourth-order valence-corrected chi connectivity index (χ4v) is 3.32. The number of nitrogens with zero attached hydrogens (tertiary/aromatic N) is 1. The molecule has 0 aliphatic carbocycles. The van der Waals surface area contributed by atoms with E-state index in [2.05, 4.69) is 15.4 Å². The number of alkyl halides is 3. The zero-order valence-electron chi connectivity index (χ0n) is 19.4. The van der Waals surface area contributed by atoms with Gasteiger partial charge in [0.15, 0.2) is 5.78 Å². The normalized spacial score (nSPS) is 18.3. The predicted octanol–water partition coefficient (Wildman–Crippen LogP) is 4.22. The van der Waals surface area contributed by atoms with Crippen LogP contribution in [0.2, 0.25) is 0 Å². The lowest BCUT2D eigenvalue weighted by atomic mass is 9.92. The largest absolute Gasteiger partial charge is 0.573 e. The number of benzene rings is 2. The SMILES string of the molecule is CC(C)(C)C(=O)Nc1ccc(C(=O)CN2C(=O)NC(C)(c3ccc(OC(F)(F)F)cc3)C2=O)cc1. The first-order valence-corrected chi connectivity index (χ1v) is 10.6.